The van der Waals surface area contributed by atoms with Gasteiger partial charge in [0.15, 0.2) is 0 Å². The molecular formula is C18H18BrF3N2O. The Hall–Kier alpha value is -1.63. The standard InChI is InChI=1S/C18H18BrF3N2O/c1-11-10-16(25)24(15-8-6-14(19)7-9-15)17(23-11)12-2-4-13(5-3-12)18(20,21)22/h6-10,12-13H,2-5H2,1H3/t12-,13+. The Bertz CT molecular complexity index is 807. The van der Waals surface area contributed by atoms with Crippen molar-refractivity contribution in [3.63, 3.8) is 0 Å². The van der Waals surface area contributed by atoms with E-state index < -0.39 is 12.1 Å². The van der Waals surface area contributed by atoms with Crippen LogP contribution in [0, 0.1) is 12.8 Å². The molecule has 1 fully saturated rings. The number of alkyl halides is 3. The summed E-state index contributed by atoms with van der Waals surface area (Å²) in [6, 6.07) is 8.70. The van der Waals surface area contributed by atoms with E-state index in [1.807, 2.05) is 12.1 Å². The number of aryl methyl sites for hydroxylation is 1. The molecule has 134 valence electrons. The summed E-state index contributed by atoms with van der Waals surface area (Å²) in [6.07, 6.45) is -3.21. The van der Waals surface area contributed by atoms with Crippen molar-refractivity contribution in [3.05, 3.63) is 56.7 Å². The van der Waals surface area contributed by atoms with E-state index in [1.165, 1.54) is 10.6 Å². The first-order chi connectivity index (χ1) is 11.8. The molecule has 1 heterocycles. The van der Waals surface area contributed by atoms with Crippen LogP contribution in [0.25, 0.3) is 5.69 Å². The third-order valence-electron chi connectivity index (χ3n) is 4.71. The highest BCUT2D eigenvalue weighted by atomic mass is 79.9. The molecule has 0 atom stereocenters. The lowest BCUT2D eigenvalue weighted by atomic mass is 9.81. The van der Waals surface area contributed by atoms with Gasteiger partial charge in [0.05, 0.1) is 11.6 Å². The summed E-state index contributed by atoms with van der Waals surface area (Å²) in [5, 5.41) is 0. The van der Waals surface area contributed by atoms with Crippen molar-refractivity contribution in [2.75, 3.05) is 0 Å². The van der Waals surface area contributed by atoms with Crippen molar-refractivity contribution in [2.24, 2.45) is 5.92 Å². The first-order valence-electron chi connectivity index (χ1n) is 8.19. The molecule has 0 saturated heterocycles. The first-order valence-corrected chi connectivity index (χ1v) is 8.98. The van der Waals surface area contributed by atoms with Crippen LogP contribution >= 0.6 is 15.9 Å². The fourth-order valence-corrected chi connectivity index (χ4v) is 3.69. The molecule has 1 aliphatic carbocycles. The largest absolute Gasteiger partial charge is 0.391 e. The third kappa shape index (κ3) is 3.97. The van der Waals surface area contributed by atoms with E-state index in [-0.39, 0.29) is 24.3 Å². The number of hydrogen-bond acceptors (Lipinski definition) is 2. The molecule has 0 amide bonds. The van der Waals surface area contributed by atoms with Gasteiger partial charge in [-0.05, 0) is 56.9 Å². The molecule has 3 rings (SSSR count). The van der Waals surface area contributed by atoms with E-state index in [0.29, 0.717) is 30.0 Å². The van der Waals surface area contributed by atoms with Crippen LogP contribution in [0.5, 0.6) is 0 Å². The van der Waals surface area contributed by atoms with Crippen molar-refractivity contribution in [1.29, 1.82) is 0 Å². The summed E-state index contributed by atoms with van der Waals surface area (Å²) in [6.45, 7) is 1.73. The van der Waals surface area contributed by atoms with E-state index in [2.05, 4.69) is 20.9 Å². The van der Waals surface area contributed by atoms with Gasteiger partial charge in [-0.1, -0.05) is 15.9 Å². The third-order valence-corrected chi connectivity index (χ3v) is 5.24. The van der Waals surface area contributed by atoms with Crippen LogP contribution < -0.4 is 5.56 Å². The van der Waals surface area contributed by atoms with Crippen LogP contribution in [0.4, 0.5) is 13.2 Å². The van der Waals surface area contributed by atoms with Gasteiger partial charge < -0.3 is 0 Å². The minimum Gasteiger partial charge on any atom is -0.269 e. The van der Waals surface area contributed by atoms with E-state index >= 15 is 0 Å². The monoisotopic (exact) mass is 414 g/mol. The Balaban J connectivity index is 1.97. The molecule has 0 radical (unpaired) electrons. The predicted octanol–water partition coefficient (Wildman–Crippen LogP) is 5.14. The Morgan fingerprint density at radius 2 is 1.72 bits per heavy atom. The van der Waals surface area contributed by atoms with Gasteiger partial charge in [-0.15, -0.1) is 0 Å². The summed E-state index contributed by atoms with van der Waals surface area (Å²) in [7, 11) is 0. The smallest absolute Gasteiger partial charge is 0.269 e. The molecular weight excluding hydrogens is 397 g/mol. The van der Waals surface area contributed by atoms with Gasteiger partial charge in [0.25, 0.3) is 5.56 Å². The maximum Gasteiger partial charge on any atom is 0.391 e. The van der Waals surface area contributed by atoms with Crippen LogP contribution in [-0.2, 0) is 0 Å². The SMILES string of the molecule is Cc1cc(=O)n(-c2ccc(Br)cc2)c([C@H]2CC[C@@H](C(F)(F)F)CC2)n1. The highest BCUT2D eigenvalue weighted by Gasteiger charge is 2.42. The second-order valence-corrected chi connectivity index (χ2v) is 7.41. The molecule has 3 nitrogen and oxygen atoms in total. The average molecular weight is 415 g/mol. The van der Waals surface area contributed by atoms with Gasteiger partial charge in [0, 0.05) is 22.2 Å². The Morgan fingerprint density at radius 3 is 2.28 bits per heavy atom. The maximum absolute atomic E-state index is 12.9. The molecule has 1 saturated carbocycles. The number of rotatable bonds is 2. The number of hydrogen-bond donors (Lipinski definition) is 0. The van der Waals surface area contributed by atoms with Crippen LogP contribution in [0.3, 0.4) is 0 Å². The molecule has 0 bridgehead atoms. The fourth-order valence-electron chi connectivity index (χ4n) is 3.42. The lowest BCUT2D eigenvalue weighted by molar-refractivity contribution is -0.182. The lowest BCUT2D eigenvalue weighted by Crippen LogP contribution is -2.30. The Morgan fingerprint density at radius 1 is 1.12 bits per heavy atom. The van der Waals surface area contributed by atoms with Crippen molar-refractivity contribution in [2.45, 2.75) is 44.7 Å². The Kier molecular flexibility index (Phi) is 5.04. The van der Waals surface area contributed by atoms with Crippen LogP contribution in [0.1, 0.15) is 43.1 Å². The zero-order chi connectivity index (χ0) is 18.2. The molecule has 1 aromatic heterocycles. The van der Waals surface area contributed by atoms with Crippen molar-refractivity contribution in [3.8, 4) is 5.69 Å². The molecule has 0 unspecified atom stereocenters. The van der Waals surface area contributed by atoms with E-state index in [9.17, 15) is 18.0 Å². The Labute approximate surface area is 152 Å². The topological polar surface area (TPSA) is 34.9 Å². The highest BCUT2D eigenvalue weighted by molar-refractivity contribution is 9.10. The summed E-state index contributed by atoms with van der Waals surface area (Å²) < 4.78 is 41.1. The predicted molar refractivity (Wildman–Crippen MR) is 93.0 cm³/mol. The molecule has 25 heavy (non-hydrogen) atoms. The highest BCUT2D eigenvalue weighted by Crippen LogP contribution is 2.42. The second kappa shape index (κ2) is 6.94. The van der Waals surface area contributed by atoms with Crippen LogP contribution in [0.15, 0.2) is 39.6 Å². The fraction of sp³-hybridized carbons (Fsp3) is 0.444. The first kappa shape index (κ1) is 18.2. The number of halogens is 4. The normalized spacial score (nSPS) is 21.3. The number of aromatic nitrogens is 2. The van der Waals surface area contributed by atoms with Crippen LogP contribution in [0.2, 0.25) is 0 Å². The summed E-state index contributed by atoms with van der Waals surface area (Å²) in [4.78, 5) is 17.1. The van der Waals surface area contributed by atoms with E-state index in [1.54, 1.807) is 19.1 Å². The van der Waals surface area contributed by atoms with Crippen molar-refractivity contribution in [1.82, 2.24) is 9.55 Å². The molecule has 0 N–H and O–H groups in total. The minimum atomic E-state index is -4.14. The second-order valence-electron chi connectivity index (χ2n) is 6.50. The van der Waals surface area contributed by atoms with Gasteiger partial charge in [0.1, 0.15) is 5.82 Å². The maximum atomic E-state index is 12.9. The van der Waals surface area contributed by atoms with Gasteiger partial charge in [-0.3, -0.25) is 9.36 Å². The molecule has 1 aromatic carbocycles. The summed E-state index contributed by atoms with van der Waals surface area (Å²) >= 11 is 3.36. The van der Waals surface area contributed by atoms with Gasteiger partial charge in [0.2, 0.25) is 0 Å². The minimum absolute atomic E-state index is 0.0817. The van der Waals surface area contributed by atoms with Gasteiger partial charge in [-0.25, -0.2) is 4.98 Å². The molecule has 0 aliphatic heterocycles. The quantitative estimate of drug-likeness (QED) is 0.681. The molecule has 1 aliphatic rings. The van der Waals surface area contributed by atoms with Gasteiger partial charge >= 0.3 is 6.18 Å². The molecule has 0 spiro atoms. The van der Waals surface area contributed by atoms with Gasteiger partial charge in [-0.2, -0.15) is 13.2 Å². The lowest BCUT2D eigenvalue weighted by Gasteiger charge is -2.30. The zero-order valence-electron chi connectivity index (χ0n) is 13.7. The van der Waals surface area contributed by atoms with Crippen LogP contribution in [-0.4, -0.2) is 15.7 Å². The molecule has 2 aromatic rings. The summed E-state index contributed by atoms with van der Waals surface area (Å²) in [5.41, 5.74) is 1.06. The van der Waals surface area contributed by atoms with E-state index in [0.717, 1.165) is 4.47 Å². The zero-order valence-corrected chi connectivity index (χ0v) is 15.3. The van der Waals surface area contributed by atoms with Crippen molar-refractivity contribution >= 4 is 15.9 Å². The van der Waals surface area contributed by atoms with Crippen molar-refractivity contribution < 1.29 is 13.2 Å². The van der Waals surface area contributed by atoms with E-state index in [4.69, 9.17) is 0 Å². The number of nitrogens with zero attached hydrogens (tertiary/aromatic N) is 2. The average Bonchev–Trinajstić information content (AvgIpc) is 2.55. The summed E-state index contributed by atoms with van der Waals surface area (Å²) in [5.74, 6) is -0.829. The number of benzene rings is 1. The molecule has 7 heteroatoms.